The summed E-state index contributed by atoms with van der Waals surface area (Å²) in [5, 5.41) is 4.34. The maximum absolute atomic E-state index is 12.4. The lowest BCUT2D eigenvalue weighted by Gasteiger charge is -2.29. The third-order valence-electron chi connectivity index (χ3n) is 4.27. The van der Waals surface area contributed by atoms with Crippen LogP contribution in [0.15, 0.2) is 6.20 Å². The third-order valence-corrected chi connectivity index (χ3v) is 5.24. The van der Waals surface area contributed by atoms with E-state index in [0.717, 1.165) is 61.6 Å². The van der Waals surface area contributed by atoms with Gasteiger partial charge in [0.05, 0.1) is 12.7 Å². The first-order valence-corrected chi connectivity index (χ1v) is 8.71. The standard InChI is InChI=1S/C15H24N4OS/c1-12-3-2-6-18(10-12)11-14-17-9-13(21-14)15(20)19-7-4-16-5-8-19/h9,12,16H,2-8,10-11H2,1H3. The summed E-state index contributed by atoms with van der Waals surface area (Å²) in [5.74, 6) is 0.924. The van der Waals surface area contributed by atoms with E-state index in [9.17, 15) is 4.79 Å². The van der Waals surface area contributed by atoms with Crippen LogP contribution in [0.2, 0.25) is 0 Å². The van der Waals surface area contributed by atoms with Crippen LogP contribution in [-0.2, 0) is 6.54 Å². The Morgan fingerprint density at radius 1 is 1.43 bits per heavy atom. The minimum atomic E-state index is 0.146. The van der Waals surface area contributed by atoms with E-state index in [1.807, 2.05) is 4.90 Å². The molecule has 2 aliphatic heterocycles. The molecule has 1 N–H and O–H groups in total. The molecule has 0 bridgehead atoms. The Bertz CT molecular complexity index is 484. The molecular weight excluding hydrogens is 284 g/mol. The molecule has 0 aliphatic carbocycles. The number of carbonyl (C=O) groups is 1. The number of rotatable bonds is 3. The number of likely N-dealkylation sites (tertiary alicyclic amines) is 1. The first kappa shape index (κ1) is 14.9. The Morgan fingerprint density at radius 3 is 3.00 bits per heavy atom. The smallest absolute Gasteiger partial charge is 0.265 e. The Hall–Kier alpha value is -0.980. The van der Waals surface area contributed by atoms with Crippen molar-refractivity contribution in [3.05, 3.63) is 16.1 Å². The molecule has 6 heteroatoms. The summed E-state index contributed by atoms with van der Waals surface area (Å²) in [7, 11) is 0. The Kier molecular flexibility index (Phi) is 4.87. The van der Waals surface area contributed by atoms with Gasteiger partial charge in [0.2, 0.25) is 0 Å². The van der Waals surface area contributed by atoms with Crippen molar-refractivity contribution in [2.75, 3.05) is 39.3 Å². The van der Waals surface area contributed by atoms with Gasteiger partial charge in [-0.15, -0.1) is 11.3 Å². The molecule has 1 unspecified atom stereocenters. The van der Waals surface area contributed by atoms with Crippen molar-refractivity contribution in [2.45, 2.75) is 26.3 Å². The third kappa shape index (κ3) is 3.81. The SMILES string of the molecule is CC1CCCN(Cc2ncc(C(=O)N3CCNCC3)s2)C1. The molecule has 0 saturated carbocycles. The van der Waals surface area contributed by atoms with Crippen molar-refractivity contribution < 1.29 is 4.79 Å². The quantitative estimate of drug-likeness (QED) is 0.917. The van der Waals surface area contributed by atoms with Crippen molar-refractivity contribution >= 4 is 17.2 Å². The topological polar surface area (TPSA) is 48.5 Å². The summed E-state index contributed by atoms with van der Waals surface area (Å²) in [6.45, 7) is 8.90. The highest BCUT2D eigenvalue weighted by atomic mass is 32.1. The summed E-state index contributed by atoms with van der Waals surface area (Å²) >= 11 is 1.57. The van der Waals surface area contributed by atoms with Crippen LogP contribution in [0, 0.1) is 5.92 Å². The minimum Gasteiger partial charge on any atom is -0.335 e. The van der Waals surface area contributed by atoms with Crippen molar-refractivity contribution in [1.82, 2.24) is 20.1 Å². The molecule has 1 aromatic heterocycles. The van der Waals surface area contributed by atoms with Gasteiger partial charge >= 0.3 is 0 Å². The number of nitrogens with one attached hydrogen (secondary N) is 1. The number of hydrogen-bond donors (Lipinski definition) is 1. The van der Waals surface area contributed by atoms with E-state index in [1.54, 1.807) is 17.5 Å². The van der Waals surface area contributed by atoms with Gasteiger partial charge in [-0.2, -0.15) is 0 Å². The fourth-order valence-electron chi connectivity index (χ4n) is 3.13. The lowest BCUT2D eigenvalue weighted by atomic mass is 10.0. The lowest BCUT2D eigenvalue weighted by Crippen LogP contribution is -2.46. The van der Waals surface area contributed by atoms with Crippen molar-refractivity contribution in [3.8, 4) is 0 Å². The molecule has 1 atom stereocenters. The number of nitrogens with zero attached hydrogens (tertiary/aromatic N) is 3. The van der Waals surface area contributed by atoms with Crippen molar-refractivity contribution in [1.29, 1.82) is 0 Å². The predicted molar refractivity (Wildman–Crippen MR) is 84.6 cm³/mol. The second kappa shape index (κ2) is 6.85. The van der Waals surface area contributed by atoms with Crippen LogP contribution < -0.4 is 5.32 Å². The van der Waals surface area contributed by atoms with E-state index in [0.29, 0.717) is 0 Å². The molecule has 116 valence electrons. The summed E-state index contributed by atoms with van der Waals surface area (Å²) in [5.41, 5.74) is 0. The molecule has 0 spiro atoms. The molecule has 2 saturated heterocycles. The van der Waals surface area contributed by atoms with E-state index in [-0.39, 0.29) is 5.91 Å². The monoisotopic (exact) mass is 308 g/mol. The molecule has 3 heterocycles. The van der Waals surface area contributed by atoms with Gasteiger partial charge < -0.3 is 10.2 Å². The Balaban J connectivity index is 1.59. The number of piperidine rings is 1. The van der Waals surface area contributed by atoms with Crippen LogP contribution in [0.3, 0.4) is 0 Å². The molecule has 2 aliphatic rings. The molecule has 3 rings (SSSR count). The molecule has 5 nitrogen and oxygen atoms in total. The number of carbonyl (C=O) groups excluding carboxylic acids is 1. The molecular formula is C15H24N4OS. The molecule has 2 fully saturated rings. The zero-order valence-electron chi connectivity index (χ0n) is 12.7. The second-order valence-corrected chi connectivity index (χ2v) is 7.26. The van der Waals surface area contributed by atoms with Gasteiger partial charge in [-0.25, -0.2) is 4.98 Å². The summed E-state index contributed by atoms with van der Waals surface area (Å²) in [6, 6.07) is 0. The first-order chi connectivity index (χ1) is 10.2. The molecule has 1 amide bonds. The van der Waals surface area contributed by atoms with E-state index < -0.39 is 0 Å². The zero-order chi connectivity index (χ0) is 14.7. The van der Waals surface area contributed by atoms with Crippen LogP contribution in [0.25, 0.3) is 0 Å². The highest BCUT2D eigenvalue weighted by Crippen LogP contribution is 2.21. The first-order valence-electron chi connectivity index (χ1n) is 7.89. The number of thiazole rings is 1. The number of piperazine rings is 1. The molecule has 1 aromatic rings. The van der Waals surface area contributed by atoms with Gasteiger partial charge in [0.15, 0.2) is 0 Å². The average Bonchev–Trinajstić information content (AvgIpc) is 2.96. The van der Waals surface area contributed by atoms with Gasteiger partial charge in [0.1, 0.15) is 9.88 Å². The second-order valence-electron chi connectivity index (χ2n) is 6.14. The van der Waals surface area contributed by atoms with E-state index in [1.165, 1.54) is 12.8 Å². The number of hydrogen-bond acceptors (Lipinski definition) is 5. The average molecular weight is 308 g/mol. The van der Waals surface area contributed by atoms with E-state index in [4.69, 9.17) is 0 Å². The van der Waals surface area contributed by atoms with Crippen molar-refractivity contribution in [2.24, 2.45) is 5.92 Å². The fraction of sp³-hybridized carbons (Fsp3) is 0.733. The van der Waals surface area contributed by atoms with Gasteiger partial charge in [-0.05, 0) is 25.3 Å². The zero-order valence-corrected chi connectivity index (χ0v) is 13.5. The Labute approximate surface area is 130 Å². The highest BCUT2D eigenvalue weighted by molar-refractivity contribution is 7.13. The lowest BCUT2D eigenvalue weighted by molar-refractivity contribution is 0.0740. The largest absolute Gasteiger partial charge is 0.335 e. The maximum atomic E-state index is 12.4. The van der Waals surface area contributed by atoms with Gasteiger partial charge in [0, 0.05) is 32.7 Å². The van der Waals surface area contributed by atoms with Crippen LogP contribution in [0.1, 0.15) is 34.4 Å². The summed E-state index contributed by atoms with van der Waals surface area (Å²) in [6.07, 6.45) is 4.37. The van der Waals surface area contributed by atoms with E-state index >= 15 is 0 Å². The predicted octanol–water partition coefficient (Wildman–Crippen LogP) is 1.42. The van der Waals surface area contributed by atoms with Crippen LogP contribution in [-0.4, -0.2) is 60.0 Å². The normalized spacial score (nSPS) is 24.2. The fourth-order valence-corrected chi connectivity index (χ4v) is 4.06. The molecule has 0 aromatic carbocycles. The summed E-state index contributed by atoms with van der Waals surface area (Å²) < 4.78 is 0. The van der Waals surface area contributed by atoms with Gasteiger partial charge in [-0.3, -0.25) is 9.69 Å². The van der Waals surface area contributed by atoms with E-state index in [2.05, 4.69) is 22.1 Å². The number of aromatic nitrogens is 1. The highest BCUT2D eigenvalue weighted by Gasteiger charge is 2.22. The molecule has 0 radical (unpaired) electrons. The van der Waals surface area contributed by atoms with Gasteiger partial charge in [-0.1, -0.05) is 6.92 Å². The maximum Gasteiger partial charge on any atom is 0.265 e. The van der Waals surface area contributed by atoms with Crippen LogP contribution >= 0.6 is 11.3 Å². The van der Waals surface area contributed by atoms with Crippen LogP contribution in [0.5, 0.6) is 0 Å². The van der Waals surface area contributed by atoms with Crippen LogP contribution in [0.4, 0.5) is 0 Å². The molecule has 21 heavy (non-hydrogen) atoms. The minimum absolute atomic E-state index is 0.146. The van der Waals surface area contributed by atoms with Crippen molar-refractivity contribution in [3.63, 3.8) is 0 Å². The van der Waals surface area contributed by atoms with Gasteiger partial charge in [0.25, 0.3) is 5.91 Å². The Morgan fingerprint density at radius 2 is 2.24 bits per heavy atom. The number of amides is 1. The summed E-state index contributed by atoms with van der Waals surface area (Å²) in [4.78, 5) is 22.1.